The molecule has 1 aliphatic rings. The molecule has 0 bridgehead atoms. The Morgan fingerprint density at radius 1 is 0.460 bits per heavy atom. The van der Waals surface area contributed by atoms with Crippen LogP contribution in [0.1, 0.15) is 77.6 Å². The van der Waals surface area contributed by atoms with Gasteiger partial charge in [-0.2, -0.15) is 0 Å². The van der Waals surface area contributed by atoms with E-state index in [-0.39, 0.29) is 16.2 Å². The van der Waals surface area contributed by atoms with E-state index >= 15 is 0 Å². The maximum atomic E-state index is 4.02. The largest absolute Gasteiger partial charge is 0.355 e. The van der Waals surface area contributed by atoms with E-state index in [9.17, 15) is 0 Å². The number of benzene rings is 8. The summed E-state index contributed by atoms with van der Waals surface area (Å²) in [5.41, 5.74) is 16.3. The molecule has 8 aromatic carbocycles. The highest BCUT2D eigenvalue weighted by Gasteiger charge is 2.37. The first kappa shape index (κ1) is 38.5. The number of anilines is 2. The molecule has 308 valence electrons. The number of rotatable bonds is 4. The van der Waals surface area contributed by atoms with E-state index in [0.29, 0.717) is 0 Å². The normalized spacial score (nSPS) is 13.8. The summed E-state index contributed by atoms with van der Waals surface area (Å²) < 4.78 is 7.84. The third-order valence-electron chi connectivity index (χ3n) is 13.9. The average Bonchev–Trinajstić information content (AvgIpc) is 3.99. The molecule has 0 aliphatic heterocycles. The smallest absolute Gasteiger partial charge is 0.0561 e. The summed E-state index contributed by atoms with van der Waals surface area (Å²) in [6, 6.07) is 57.8. The predicted molar refractivity (Wildman–Crippen MR) is 277 cm³/mol. The van der Waals surface area contributed by atoms with Gasteiger partial charge in [0.15, 0.2) is 0 Å². The second-order valence-corrected chi connectivity index (χ2v) is 22.4. The highest BCUT2D eigenvalue weighted by Crippen LogP contribution is 2.55. The number of nitrogens with zero attached hydrogens (tertiary/aromatic N) is 1. The molecule has 0 saturated carbocycles. The summed E-state index contributed by atoms with van der Waals surface area (Å²) in [7, 11) is 0. The zero-order valence-electron chi connectivity index (χ0n) is 37.2. The minimum absolute atomic E-state index is 0.00319. The minimum atomic E-state index is -0.162. The fourth-order valence-electron chi connectivity index (χ4n) is 10.5. The van der Waals surface area contributed by atoms with Gasteiger partial charge in [-0.25, -0.2) is 0 Å². The van der Waals surface area contributed by atoms with Crippen molar-refractivity contribution in [3.05, 3.63) is 174 Å². The maximum Gasteiger partial charge on any atom is 0.0561 e. The van der Waals surface area contributed by atoms with Crippen molar-refractivity contribution < 1.29 is 0 Å². The molecule has 3 aromatic heterocycles. The molecule has 63 heavy (non-hydrogen) atoms. The minimum Gasteiger partial charge on any atom is -0.355 e. The number of fused-ring (bicyclic) bond motifs is 13. The number of nitrogens with one attached hydrogen (secondary N) is 1. The van der Waals surface area contributed by atoms with Gasteiger partial charge in [0.05, 0.1) is 11.0 Å². The van der Waals surface area contributed by atoms with Crippen molar-refractivity contribution in [2.45, 2.75) is 71.6 Å². The molecule has 1 aliphatic carbocycles. The molecule has 2 nitrogen and oxygen atoms in total. The average molecular weight is 851 g/mol. The van der Waals surface area contributed by atoms with Crippen LogP contribution in [0, 0.1) is 0 Å². The van der Waals surface area contributed by atoms with E-state index in [1.165, 1.54) is 112 Å². The van der Waals surface area contributed by atoms with Crippen molar-refractivity contribution in [3.63, 3.8) is 0 Å². The molecular weight excluding hydrogens is 801 g/mol. The molecule has 0 unspecified atom stereocenters. The van der Waals surface area contributed by atoms with Gasteiger partial charge in [-0.3, -0.25) is 0 Å². The summed E-state index contributed by atoms with van der Waals surface area (Å²) in [4.78, 5) is 0. The third-order valence-corrected chi connectivity index (χ3v) is 16.2. The first-order valence-corrected chi connectivity index (χ1v) is 23.9. The summed E-state index contributed by atoms with van der Waals surface area (Å²) in [5.74, 6) is 0. The van der Waals surface area contributed by atoms with E-state index in [4.69, 9.17) is 0 Å². The molecule has 12 rings (SSSR count). The van der Waals surface area contributed by atoms with Crippen molar-refractivity contribution in [1.82, 2.24) is 4.57 Å². The maximum absolute atomic E-state index is 4.02. The van der Waals surface area contributed by atoms with Crippen molar-refractivity contribution in [3.8, 4) is 27.9 Å². The molecule has 0 atom stereocenters. The Kier molecular flexibility index (Phi) is 8.19. The zero-order valence-corrected chi connectivity index (χ0v) is 38.8. The SMILES string of the molecule is CC(C)(C)c1ccc(Nc2cc3c(cc2-c2cc4c(c5cc(C(C)(C)C)ccc5n4-c4ccc5sc6ccccc6c5c4)c4sc5ccccc5c24)C(C)(C)c2ccccc2-3)cc1. The molecule has 0 radical (unpaired) electrons. The van der Waals surface area contributed by atoms with E-state index in [1.54, 1.807) is 0 Å². The van der Waals surface area contributed by atoms with Gasteiger partial charge in [-0.05, 0) is 123 Å². The Balaban J connectivity index is 1.21. The van der Waals surface area contributed by atoms with Crippen molar-refractivity contribution >= 4 is 96.2 Å². The van der Waals surface area contributed by atoms with Crippen molar-refractivity contribution in [1.29, 1.82) is 0 Å². The fourth-order valence-corrected chi connectivity index (χ4v) is 12.8. The summed E-state index contributed by atoms with van der Waals surface area (Å²) in [6.45, 7) is 18.6. The van der Waals surface area contributed by atoms with Gasteiger partial charge in [0.1, 0.15) is 0 Å². The lowest BCUT2D eigenvalue weighted by Crippen LogP contribution is -2.15. The van der Waals surface area contributed by atoms with Crippen molar-refractivity contribution in [2.75, 3.05) is 5.32 Å². The molecule has 3 heterocycles. The van der Waals surface area contributed by atoms with E-state index in [2.05, 4.69) is 217 Å². The van der Waals surface area contributed by atoms with E-state index in [1.807, 2.05) is 22.7 Å². The van der Waals surface area contributed by atoms with Crippen LogP contribution in [0.5, 0.6) is 0 Å². The number of thiophene rings is 2. The van der Waals surface area contributed by atoms with Crippen LogP contribution in [0.4, 0.5) is 11.4 Å². The molecule has 1 N–H and O–H groups in total. The van der Waals surface area contributed by atoms with Gasteiger partial charge in [0.2, 0.25) is 0 Å². The Hall–Kier alpha value is -6.20. The lowest BCUT2D eigenvalue weighted by molar-refractivity contribution is 0.590. The van der Waals surface area contributed by atoms with Crippen LogP contribution in [0.15, 0.2) is 152 Å². The lowest BCUT2D eigenvalue weighted by atomic mass is 9.81. The highest BCUT2D eigenvalue weighted by atomic mass is 32.1. The van der Waals surface area contributed by atoms with E-state index < -0.39 is 0 Å². The Labute approximate surface area is 377 Å². The topological polar surface area (TPSA) is 17.0 Å². The van der Waals surface area contributed by atoms with Crippen LogP contribution in [-0.2, 0) is 16.2 Å². The molecule has 11 aromatic rings. The lowest BCUT2D eigenvalue weighted by Gasteiger charge is -2.24. The Morgan fingerprint density at radius 2 is 1.13 bits per heavy atom. The molecule has 0 spiro atoms. The summed E-state index contributed by atoms with van der Waals surface area (Å²) in [6.07, 6.45) is 0. The highest BCUT2D eigenvalue weighted by molar-refractivity contribution is 7.27. The quantitative estimate of drug-likeness (QED) is 0.187. The summed E-state index contributed by atoms with van der Waals surface area (Å²) in [5, 5.41) is 11.9. The zero-order chi connectivity index (χ0) is 43.2. The van der Waals surface area contributed by atoms with E-state index in [0.717, 1.165) is 11.4 Å². The van der Waals surface area contributed by atoms with Crippen molar-refractivity contribution in [2.24, 2.45) is 0 Å². The monoisotopic (exact) mass is 850 g/mol. The van der Waals surface area contributed by atoms with Gasteiger partial charge in [0, 0.05) is 79.2 Å². The number of hydrogen-bond acceptors (Lipinski definition) is 3. The number of hydrogen-bond donors (Lipinski definition) is 1. The van der Waals surface area contributed by atoms with Crippen LogP contribution >= 0.6 is 22.7 Å². The molecule has 0 saturated heterocycles. The van der Waals surface area contributed by atoms with Gasteiger partial charge < -0.3 is 9.88 Å². The molecular formula is C59H50N2S2. The standard InChI is InChI=1S/C59H50N2S2/c1-57(2,3)34-21-24-36(25-22-34)60-48-32-41-38-15-9-12-18-46(38)59(7,8)47(41)31-42(48)44-33-50-55(56-54(44)40-17-11-14-20-52(40)63-56)45-29-35(58(4,5)6)23-27-49(45)61(50)37-26-28-53-43(30-37)39-16-10-13-19-51(39)62-53/h9-33,60H,1-8H3. The Morgan fingerprint density at radius 3 is 1.89 bits per heavy atom. The van der Waals surface area contributed by atoms with Crippen LogP contribution in [0.25, 0.3) is 90.1 Å². The molecule has 0 fully saturated rings. The molecule has 0 amide bonds. The predicted octanol–water partition coefficient (Wildman–Crippen LogP) is 17.8. The summed E-state index contributed by atoms with van der Waals surface area (Å²) >= 11 is 3.82. The number of aromatic nitrogens is 1. The fraction of sp³-hybridized carbons (Fsp3) is 0.186. The Bertz CT molecular complexity index is 3690. The first-order chi connectivity index (χ1) is 30.2. The second-order valence-electron chi connectivity index (χ2n) is 20.3. The van der Waals surface area contributed by atoms with Crippen LogP contribution in [0.2, 0.25) is 0 Å². The molecule has 4 heteroatoms. The second kappa shape index (κ2) is 13.4. The van der Waals surface area contributed by atoms with Crippen LogP contribution in [0.3, 0.4) is 0 Å². The van der Waals surface area contributed by atoms with Crippen LogP contribution < -0.4 is 5.32 Å². The van der Waals surface area contributed by atoms with Gasteiger partial charge >= 0.3 is 0 Å². The first-order valence-electron chi connectivity index (χ1n) is 22.2. The van der Waals surface area contributed by atoms with Crippen LogP contribution in [-0.4, -0.2) is 4.57 Å². The van der Waals surface area contributed by atoms with Gasteiger partial charge in [0.25, 0.3) is 0 Å². The third kappa shape index (κ3) is 5.81. The van der Waals surface area contributed by atoms with Gasteiger partial charge in [-0.15, -0.1) is 22.7 Å². The van der Waals surface area contributed by atoms with Gasteiger partial charge in [-0.1, -0.05) is 134 Å².